The highest BCUT2D eigenvalue weighted by molar-refractivity contribution is 7.47. The molecule has 0 aromatic heterocycles. The van der Waals surface area contributed by atoms with Gasteiger partial charge >= 0.3 is 13.8 Å². The highest BCUT2D eigenvalue weighted by Gasteiger charge is 2.26. The topological polar surface area (TPSA) is 91.3 Å². The third-order valence-electron chi connectivity index (χ3n) is 8.15. The lowest BCUT2D eigenvalue weighted by Gasteiger charge is -2.24. The summed E-state index contributed by atoms with van der Waals surface area (Å²) >= 11 is 0. The molecule has 49 heavy (non-hydrogen) atoms. The second-order valence-electron chi connectivity index (χ2n) is 14.3. The van der Waals surface area contributed by atoms with Crippen molar-refractivity contribution in [3.63, 3.8) is 0 Å². The molecular formula is C40H77NO7P+. The molecule has 0 saturated carbocycles. The summed E-state index contributed by atoms with van der Waals surface area (Å²) in [6, 6.07) is 0. The van der Waals surface area contributed by atoms with Gasteiger partial charge in [0.2, 0.25) is 0 Å². The number of esters is 1. The van der Waals surface area contributed by atoms with E-state index in [2.05, 4.69) is 50.3 Å². The van der Waals surface area contributed by atoms with E-state index >= 15 is 0 Å². The number of carbonyl (C=O) groups is 1. The van der Waals surface area contributed by atoms with Gasteiger partial charge < -0.3 is 18.9 Å². The zero-order valence-electron chi connectivity index (χ0n) is 32.4. The predicted octanol–water partition coefficient (Wildman–Crippen LogP) is 11.0. The Morgan fingerprint density at radius 2 is 1.16 bits per heavy atom. The lowest BCUT2D eigenvalue weighted by Crippen LogP contribution is -2.37. The van der Waals surface area contributed by atoms with E-state index in [9.17, 15) is 14.3 Å². The fourth-order valence-electron chi connectivity index (χ4n) is 5.05. The Balaban J connectivity index is 4.27. The van der Waals surface area contributed by atoms with Crippen molar-refractivity contribution in [3.8, 4) is 0 Å². The Hall–Kier alpha value is -1.28. The van der Waals surface area contributed by atoms with Crippen LogP contribution in [-0.2, 0) is 27.9 Å². The molecule has 2 atom stereocenters. The van der Waals surface area contributed by atoms with Gasteiger partial charge in [0.1, 0.15) is 19.3 Å². The first-order valence-corrected chi connectivity index (χ1v) is 21.2. The van der Waals surface area contributed by atoms with Gasteiger partial charge in [-0.1, -0.05) is 121 Å². The molecule has 0 rings (SSSR count). The molecule has 1 N–H and O–H groups in total. The van der Waals surface area contributed by atoms with Crippen molar-refractivity contribution >= 4 is 13.8 Å². The number of nitrogens with zero attached hydrogens (tertiary/aromatic N) is 1. The zero-order valence-corrected chi connectivity index (χ0v) is 33.3. The average Bonchev–Trinajstić information content (AvgIpc) is 3.04. The van der Waals surface area contributed by atoms with Gasteiger partial charge in [-0.2, -0.15) is 0 Å². The number of likely N-dealkylation sites (N-methyl/N-ethyl adjacent to an activating group) is 1. The van der Waals surface area contributed by atoms with Crippen molar-refractivity contribution in [2.45, 2.75) is 161 Å². The summed E-state index contributed by atoms with van der Waals surface area (Å²) in [6.45, 7) is 5.50. The van der Waals surface area contributed by atoms with E-state index in [0.717, 1.165) is 64.2 Å². The maximum Gasteiger partial charge on any atom is 0.472 e. The number of allylic oxidation sites excluding steroid dienone is 6. The standard InChI is InChI=1S/C40H76NO7P/c1-6-8-10-12-14-16-18-19-20-21-22-23-24-26-28-30-32-35-45-37-39(38-47-49(43,44)46-36-34-41(3,4)5)48-40(42)33-31-29-27-25-17-15-13-11-9-7-2/h11,13,16,18,20-21,39H,6-10,12,14-15,17,19,22-38H2,1-5H3/p+1/b13-11-,18-16-,21-20-. The van der Waals surface area contributed by atoms with Gasteiger partial charge in [-0.3, -0.25) is 13.8 Å². The van der Waals surface area contributed by atoms with Crippen LogP contribution in [0, 0.1) is 0 Å². The number of ether oxygens (including phenoxy) is 2. The van der Waals surface area contributed by atoms with Crippen molar-refractivity contribution in [1.82, 2.24) is 0 Å². The largest absolute Gasteiger partial charge is 0.472 e. The molecule has 9 heteroatoms. The minimum absolute atomic E-state index is 0.0842. The molecule has 0 saturated heterocycles. The molecule has 0 aromatic rings. The smallest absolute Gasteiger partial charge is 0.457 e. The van der Waals surface area contributed by atoms with Crippen molar-refractivity contribution in [2.24, 2.45) is 0 Å². The summed E-state index contributed by atoms with van der Waals surface area (Å²) in [6.07, 6.45) is 37.5. The fourth-order valence-corrected chi connectivity index (χ4v) is 5.80. The van der Waals surface area contributed by atoms with Crippen LogP contribution in [0.1, 0.15) is 155 Å². The van der Waals surface area contributed by atoms with Gasteiger partial charge in [-0.25, -0.2) is 4.57 Å². The lowest BCUT2D eigenvalue weighted by molar-refractivity contribution is -0.870. The van der Waals surface area contributed by atoms with Crippen LogP contribution < -0.4 is 0 Å². The van der Waals surface area contributed by atoms with Crippen LogP contribution in [0.4, 0.5) is 0 Å². The van der Waals surface area contributed by atoms with Gasteiger partial charge in [0, 0.05) is 13.0 Å². The van der Waals surface area contributed by atoms with Crippen molar-refractivity contribution in [3.05, 3.63) is 36.5 Å². The summed E-state index contributed by atoms with van der Waals surface area (Å²) in [7, 11) is 1.65. The molecule has 0 heterocycles. The molecule has 0 amide bonds. The van der Waals surface area contributed by atoms with E-state index in [0.29, 0.717) is 24.1 Å². The van der Waals surface area contributed by atoms with Crippen LogP contribution in [0.5, 0.6) is 0 Å². The SMILES string of the molecule is CCC/C=C\CCCCCCCC(=O)OC(COCCCCCCCC/C=C\C/C=C\CCCCCC)COP(=O)(O)OCC[N+](C)(C)C. The monoisotopic (exact) mass is 715 g/mol. The molecule has 0 aliphatic carbocycles. The van der Waals surface area contributed by atoms with Gasteiger partial charge in [0.25, 0.3) is 0 Å². The number of carbonyl (C=O) groups excluding carboxylic acids is 1. The first kappa shape index (κ1) is 47.7. The van der Waals surface area contributed by atoms with Crippen LogP contribution >= 0.6 is 7.82 Å². The summed E-state index contributed by atoms with van der Waals surface area (Å²) in [4.78, 5) is 22.7. The summed E-state index contributed by atoms with van der Waals surface area (Å²) in [5.41, 5.74) is 0. The van der Waals surface area contributed by atoms with Crippen molar-refractivity contribution in [1.29, 1.82) is 0 Å². The molecule has 0 radical (unpaired) electrons. The highest BCUT2D eigenvalue weighted by atomic mass is 31.2. The first-order valence-electron chi connectivity index (χ1n) is 19.7. The number of unbranched alkanes of at least 4 members (excludes halogenated alkanes) is 16. The average molecular weight is 715 g/mol. The van der Waals surface area contributed by atoms with Gasteiger partial charge in [-0.05, 0) is 64.2 Å². The zero-order chi connectivity index (χ0) is 36.3. The molecular weight excluding hydrogens is 637 g/mol. The third kappa shape index (κ3) is 37.8. The van der Waals surface area contributed by atoms with E-state index in [4.69, 9.17) is 18.5 Å². The first-order chi connectivity index (χ1) is 23.6. The van der Waals surface area contributed by atoms with E-state index < -0.39 is 13.9 Å². The number of rotatable bonds is 36. The highest BCUT2D eigenvalue weighted by Crippen LogP contribution is 2.43. The Labute approximate surface area is 302 Å². The minimum atomic E-state index is -4.27. The normalized spacial score (nSPS) is 14.3. The number of hydrogen-bond acceptors (Lipinski definition) is 6. The van der Waals surface area contributed by atoms with Crippen LogP contribution in [-0.4, -0.2) is 75.6 Å². The van der Waals surface area contributed by atoms with E-state index in [1.54, 1.807) is 0 Å². The molecule has 0 aromatic carbocycles. The molecule has 0 aliphatic heterocycles. The molecule has 0 bridgehead atoms. The Morgan fingerprint density at radius 3 is 1.76 bits per heavy atom. The Bertz CT molecular complexity index is 884. The molecule has 0 aliphatic rings. The second kappa shape index (κ2) is 33.8. The van der Waals surface area contributed by atoms with Crippen LogP contribution in [0.2, 0.25) is 0 Å². The summed E-state index contributed by atoms with van der Waals surface area (Å²) < 4.78 is 34.8. The number of phosphoric acid groups is 1. The molecule has 2 unspecified atom stereocenters. The van der Waals surface area contributed by atoms with Crippen LogP contribution in [0.3, 0.4) is 0 Å². The maximum absolute atomic E-state index is 12.6. The van der Waals surface area contributed by atoms with E-state index in [1.165, 1.54) is 70.6 Å². The number of quaternary nitrogens is 1. The summed E-state index contributed by atoms with van der Waals surface area (Å²) in [5.74, 6) is -0.331. The molecule has 288 valence electrons. The third-order valence-corrected chi connectivity index (χ3v) is 9.14. The number of hydrogen-bond donors (Lipinski definition) is 1. The lowest BCUT2D eigenvalue weighted by atomic mass is 10.1. The van der Waals surface area contributed by atoms with Gasteiger partial charge in [-0.15, -0.1) is 0 Å². The second-order valence-corrected chi connectivity index (χ2v) is 15.8. The van der Waals surface area contributed by atoms with E-state index in [-0.39, 0.29) is 25.8 Å². The van der Waals surface area contributed by atoms with Crippen molar-refractivity contribution < 1.29 is 37.3 Å². The van der Waals surface area contributed by atoms with Gasteiger partial charge in [0.05, 0.1) is 34.4 Å². The quantitative estimate of drug-likeness (QED) is 0.0227. The molecule has 0 fully saturated rings. The molecule has 0 spiro atoms. The van der Waals surface area contributed by atoms with E-state index in [1.807, 2.05) is 21.1 Å². The fraction of sp³-hybridized carbons (Fsp3) is 0.825. The Morgan fingerprint density at radius 1 is 0.633 bits per heavy atom. The van der Waals surface area contributed by atoms with Crippen LogP contribution in [0.15, 0.2) is 36.5 Å². The van der Waals surface area contributed by atoms with Crippen LogP contribution in [0.25, 0.3) is 0 Å². The Kier molecular flexibility index (Phi) is 33.0. The number of phosphoric ester groups is 1. The van der Waals surface area contributed by atoms with Gasteiger partial charge in [0.15, 0.2) is 0 Å². The molecule has 8 nitrogen and oxygen atoms in total. The minimum Gasteiger partial charge on any atom is -0.457 e. The summed E-state index contributed by atoms with van der Waals surface area (Å²) in [5, 5.41) is 0. The van der Waals surface area contributed by atoms with Crippen molar-refractivity contribution in [2.75, 3.05) is 54.1 Å². The predicted molar refractivity (Wildman–Crippen MR) is 206 cm³/mol. The maximum atomic E-state index is 12.6.